The van der Waals surface area contributed by atoms with E-state index in [-0.39, 0.29) is 0 Å². The monoisotopic (exact) mass is 430 g/mol. The predicted octanol–water partition coefficient (Wildman–Crippen LogP) is 10.1. The van der Waals surface area contributed by atoms with Gasteiger partial charge in [0.05, 0.1) is 19.6 Å². The second kappa shape index (κ2) is 19.8. The van der Waals surface area contributed by atoms with Gasteiger partial charge in [0, 0.05) is 0 Å². The molecule has 1 aromatic carbocycles. The van der Waals surface area contributed by atoms with Gasteiger partial charge >= 0.3 is 0 Å². The van der Waals surface area contributed by atoms with Gasteiger partial charge in [0.25, 0.3) is 0 Å². The van der Waals surface area contributed by atoms with Crippen molar-refractivity contribution >= 4 is 5.69 Å². The van der Waals surface area contributed by atoms with Gasteiger partial charge in [0.2, 0.25) is 0 Å². The minimum absolute atomic E-state index is 1.20. The van der Waals surface area contributed by atoms with E-state index in [0.29, 0.717) is 0 Å². The van der Waals surface area contributed by atoms with Gasteiger partial charge in [-0.25, -0.2) is 0 Å². The summed E-state index contributed by atoms with van der Waals surface area (Å²) in [6.45, 7) is 10.9. The van der Waals surface area contributed by atoms with Gasteiger partial charge < -0.3 is 0 Å². The molecule has 0 aliphatic rings. The van der Waals surface area contributed by atoms with Crippen LogP contribution < -0.4 is 4.48 Å². The maximum atomic E-state index is 2.36. The molecule has 0 aliphatic carbocycles. The lowest BCUT2D eigenvalue weighted by Gasteiger charge is -2.38. The third-order valence-electron chi connectivity index (χ3n) is 7.05. The fraction of sp³-hybridized carbons (Fsp3) is 0.800. The SMILES string of the molecule is CCCCCCCCCCCCCCCCCC[N+](CCC)(CCC)c1ccccc1. The zero-order valence-electron chi connectivity index (χ0n) is 21.7. The van der Waals surface area contributed by atoms with Crippen LogP contribution >= 0.6 is 0 Å². The second-order valence-electron chi connectivity index (χ2n) is 9.95. The first kappa shape index (κ1) is 28.2. The zero-order chi connectivity index (χ0) is 22.5. The van der Waals surface area contributed by atoms with Crippen LogP contribution in [0.1, 0.15) is 136 Å². The van der Waals surface area contributed by atoms with Crippen LogP contribution in [0, 0.1) is 0 Å². The lowest BCUT2D eigenvalue weighted by atomic mass is 10.0. The van der Waals surface area contributed by atoms with E-state index in [1.54, 1.807) is 0 Å². The first-order chi connectivity index (χ1) is 15.3. The normalized spacial score (nSPS) is 11.8. The van der Waals surface area contributed by atoms with E-state index in [0.717, 1.165) is 0 Å². The maximum Gasteiger partial charge on any atom is 0.132 e. The van der Waals surface area contributed by atoms with E-state index < -0.39 is 0 Å². The Balaban J connectivity index is 2.06. The molecule has 0 saturated heterocycles. The largest absolute Gasteiger partial charge is 0.291 e. The molecular formula is C30H56N+. The van der Waals surface area contributed by atoms with Crippen LogP contribution in [-0.4, -0.2) is 19.6 Å². The van der Waals surface area contributed by atoms with Crippen molar-refractivity contribution < 1.29 is 0 Å². The summed E-state index contributed by atoms with van der Waals surface area (Å²) in [6, 6.07) is 11.3. The summed E-state index contributed by atoms with van der Waals surface area (Å²) in [7, 11) is 0. The van der Waals surface area contributed by atoms with Gasteiger partial charge in [-0.1, -0.05) is 129 Å². The van der Waals surface area contributed by atoms with Crippen molar-refractivity contribution in [1.29, 1.82) is 0 Å². The van der Waals surface area contributed by atoms with Gasteiger partial charge in [-0.05, 0) is 37.8 Å². The Morgan fingerprint density at radius 3 is 1.19 bits per heavy atom. The molecular weight excluding hydrogens is 374 g/mol. The smallest absolute Gasteiger partial charge is 0.132 e. The van der Waals surface area contributed by atoms with Crippen LogP contribution in [-0.2, 0) is 0 Å². The molecule has 0 atom stereocenters. The highest BCUT2D eigenvalue weighted by Gasteiger charge is 2.27. The molecule has 0 aliphatic heterocycles. The fourth-order valence-electron chi connectivity index (χ4n) is 5.29. The van der Waals surface area contributed by atoms with E-state index in [1.165, 1.54) is 145 Å². The molecule has 0 fully saturated rings. The molecule has 0 N–H and O–H groups in total. The zero-order valence-corrected chi connectivity index (χ0v) is 21.7. The second-order valence-corrected chi connectivity index (χ2v) is 9.95. The van der Waals surface area contributed by atoms with Crippen molar-refractivity contribution in [2.75, 3.05) is 19.6 Å². The third kappa shape index (κ3) is 13.4. The lowest BCUT2D eigenvalue weighted by Crippen LogP contribution is -2.51. The summed E-state index contributed by atoms with van der Waals surface area (Å²) in [5.41, 5.74) is 1.53. The number of rotatable bonds is 22. The van der Waals surface area contributed by atoms with E-state index in [9.17, 15) is 0 Å². The van der Waals surface area contributed by atoms with Gasteiger partial charge in [-0.2, -0.15) is 0 Å². The topological polar surface area (TPSA) is 0 Å². The Hall–Kier alpha value is -0.820. The molecule has 0 heterocycles. The molecule has 0 spiro atoms. The summed E-state index contributed by atoms with van der Waals surface area (Å²) in [5, 5.41) is 0. The van der Waals surface area contributed by atoms with Gasteiger partial charge in [0.1, 0.15) is 5.69 Å². The average molecular weight is 431 g/mol. The molecule has 1 rings (SSSR count). The van der Waals surface area contributed by atoms with Crippen molar-refractivity contribution in [3.05, 3.63) is 30.3 Å². The standard InChI is InChI=1S/C30H56N/c1-4-7-8-9-10-11-12-13-14-15-16-17-18-19-20-24-29-31(27-5-2,28-6-3)30-25-22-21-23-26-30/h21-23,25-26H,4-20,24,27-29H2,1-3H3/q+1. The van der Waals surface area contributed by atoms with Crippen LogP contribution in [0.15, 0.2) is 30.3 Å². The Morgan fingerprint density at radius 1 is 0.419 bits per heavy atom. The summed E-state index contributed by atoms with van der Waals surface area (Å²) in [4.78, 5) is 0. The first-order valence-corrected chi connectivity index (χ1v) is 14.2. The molecule has 31 heavy (non-hydrogen) atoms. The average Bonchev–Trinajstić information content (AvgIpc) is 2.79. The van der Waals surface area contributed by atoms with Crippen LogP contribution in [0.25, 0.3) is 0 Å². The molecule has 180 valence electrons. The number of para-hydroxylation sites is 1. The maximum absolute atomic E-state index is 2.36. The Labute approximate surface area is 196 Å². The Bertz CT molecular complexity index is 474. The van der Waals surface area contributed by atoms with Crippen molar-refractivity contribution in [2.24, 2.45) is 0 Å². The third-order valence-corrected chi connectivity index (χ3v) is 7.05. The minimum atomic E-state index is 1.20. The van der Waals surface area contributed by atoms with Gasteiger partial charge in [-0.15, -0.1) is 0 Å². The van der Waals surface area contributed by atoms with Gasteiger partial charge in [-0.3, -0.25) is 4.48 Å². The number of unbranched alkanes of at least 4 members (excludes halogenated alkanes) is 15. The Kier molecular flexibility index (Phi) is 18.1. The first-order valence-electron chi connectivity index (χ1n) is 14.2. The molecule has 0 amide bonds. The van der Waals surface area contributed by atoms with Crippen LogP contribution in [0.5, 0.6) is 0 Å². The number of benzene rings is 1. The van der Waals surface area contributed by atoms with Crippen molar-refractivity contribution in [3.63, 3.8) is 0 Å². The number of nitrogens with zero attached hydrogens (tertiary/aromatic N) is 1. The van der Waals surface area contributed by atoms with Gasteiger partial charge in [0.15, 0.2) is 0 Å². The summed E-state index contributed by atoms with van der Waals surface area (Å²) < 4.78 is 1.20. The van der Waals surface area contributed by atoms with Crippen LogP contribution in [0.4, 0.5) is 5.69 Å². The molecule has 0 saturated carbocycles. The predicted molar refractivity (Wildman–Crippen MR) is 143 cm³/mol. The lowest BCUT2D eigenvalue weighted by molar-refractivity contribution is 0.265. The van der Waals surface area contributed by atoms with E-state index in [2.05, 4.69) is 51.1 Å². The fourth-order valence-corrected chi connectivity index (χ4v) is 5.29. The molecule has 0 bridgehead atoms. The van der Waals surface area contributed by atoms with Crippen molar-refractivity contribution in [1.82, 2.24) is 4.48 Å². The molecule has 1 nitrogen and oxygen atoms in total. The molecule has 0 radical (unpaired) electrons. The van der Waals surface area contributed by atoms with Crippen molar-refractivity contribution in [2.45, 2.75) is 136 Å². The minimum Gasteiger partial charge on any atom is -0.291 e. The molecule has 1 heteroatoms. The number of hydrogen-bond donors (Lipinski definition) is 0. The van der Waals surface area contributed by atoms with E-state index in [1.807, 2.05) is 0 Å². The highest BCUT2D eigenvalue weighted by atomic mass is 15.4. The quantitative estimate of drug-likeness (QED) is 0.127. The molecule has 0 aromatic heterocycles. The molecule has 1 aromatic rings. The Morgan fingerprint density at radius 2 is 0.806 bits per heavy atom. The highest BCUT2D eigenvalue weighted by molar-refractivity contribution is 5.42. The highest BCUT2D eigenvalue weighted by Crippen LogP contribution is 2.25. The van der Waals surface area contributed by atoms with Crippen LogP contribution in [0.2, 0.25) is 0 Å². The van der Waals surface area contributed by atoms with E-state index in [4.69, 9.17) is 0 Å². The number of quaternary nitrogens is 1. The van der Waals surface area contributed by atoms with E-state index >= 15 is 0 Å². The molecule has 0 unspecified atom stereocenters. The summed E-state index contributed by atoms with van der Waals surface area (Å²) in [5.74, 6) is 0. The van der Waals surface area contributed by atoms with Crippen LogP contribution in [0.3, 0.4) is 0 Å². The summed E-state index contributed by atoms with van der Waals surface area (Å²) >= 11 is 0. The van der Waals surface area contributed by atoms with Crippen molar-refractivity contribution in [3.8, 4) is 0 Å². The number of hydrogen-bond acceptors (Lipinski definition) is 0. The summed E-state index contributed by atoms with van der Waals surface area (Å²) in [6.07, 6.45) is 25.7.